The normalized spacial score (nSPS) is 25.1. The van der Waals surface area contributed by atoms with E-state index in [-0.39, 0.29) is 18.0 Å². The Kier molecular flexibility index (Phi) is 2.74. The maximum absolute atomic E-state index is 12.9. The van der Waals surface area contributed by atoms with Crippen molar-refractivity contribution in [3.05, 3.63) is 48.0 Å². The molecule has 4 rings (SSSR count). The number of carbonyl (C=O) groups excluding carboxylic acids is 1. The molecule has 20 heavy (non-hydrogen) atoms. The summed E-state index contributed by atoms with van der Waals surface area (Å²) >= 11 is 0. The highest BCUT2D eigenvalue weighted by atomic mass is 16.5. The van der Waals surface area contributed by atoms with Gasteiger partial charge in [-0.05, 0) is 29.7 Å². The molecule has 1 amide bonds. The van der Waals surface area contributed by atoms with Crippen molar-refractivity contribution in [1.29, 1.82) is 0 Å². The maximum atomic E-state index is 12.9. The smallest absolute Gasteiger partial charge is 0.255 e. The highest BCUT2D eigenvalue weighted by Gasteiger charge is 2.40. The highest BCUT2D eigenvalue weighted by Crippen LogP contribution is 2.31. The van der Waals surface area contributed by atoms with Crippen LogP contribution < -0.4 is 0 Å². The molecule has 2 aliphatic rings. The Bertz CT molecular complexity index is 646. The first-order valence-corrected chi connectivity index (χ1v) is 7.23. The van der Waals surface area contributed by atoms with Gasteiger partial charge >= 0.3 is 0 Å². The maximum Gasteiger partial charge on any atom is 0.255 e. The molecule has 2 fully saturated rings. The van der Waals surface area contributed by atoms with E-state index in [4.69, 9.17) is 4.74 Å². The van der Waals surface area contributed by atoms with Gasteiger partial charge in [-0.2, -0.15) is 0 Å². The summed E-state index contributed by atoms with van der Waals surface area (Å²) in [6.07, 6.45) is 2.14. The van der Waals surface area contributed by atoms with E-state index in [1.807, 2.05) is 30.3 Å². The van der Waals surface area contributed by atoms with E-state index in [1.54, 1.807) is 0 Å². The van der Waals surface area contributed by atoms with Gasteiger partial charge in [0, 0.05) is 5.56 Å². The molecule has 3 nitrogen and oxygen atoms in total. The summed E-state index contributed by atoms with van der Waals surface area (Å²) in [5, 5.41) is 2.17. The van der Waals surface area contributed by atoms with Crippen molar-refractivity contribution in [1.82, 2.24) is 4.90 Å². The van der Waals surface area contributed by atoms with Crippen LogP contribution in [0.4, 0.5) is 0 Å². The Hall–Kier alpha value is -1.87. The molecule has 2 saturated heterocycles. The zero-order valence-electron chi connectivity index (χ0n) is 11.3. The van der Waals surface area contributed by atoms with Crippen LogP contribution in [-0.2, 0) is 4.74 Å². The molecular weight excluding hydrogens is 250 g/mol. The van der Waals surface area contributed by atoms with Gasteiger partial charge in [-0.15, -0.1) is 0 Å². The molecule has 2 atom stereocenters. The molecule has 0 N–H and O–H groups in total. The topological polar surface area (TPSA) is 29.5 Å². The second kappa shape index (κ2) is 4.60. The molecule has 102 valence electrons. The predicted molar refractivity (Wildman–Crippen MR) is 77.7 cm³/mol. The monoisotopic (exact) mass is 267 g/mol. The van der Waals surface area contributed by atoms with Crippen LogP contribution in [0.15, 0.2) is 42.5 Å². The Labute approximate surface area is 118 Å². The van der Waals surface area contributed by atoms with Gasteiger partial charge in [0.1, 0.15) is 0 Å². The fraction of sp³-hybridized carbons (Fsp3) is 0.353. The third-order valence-electron chi connectivity index (χ3n) is 4.49. The van der Waals surface area contributed by atoms with E-state index < -0.39 is 0 Å². The summed E-state index contributed by atoms with van der Waals surface area (Å²) in [6.45, 7) is 1.38. The van der Waals surface area contributed by atoms with Crippen molar-refractivity contribution in [2.24, 2.45) is 0 Å². The average Bonchev–Trinajstić information content (AvgIpc) is 2.75. The molecule has 0 radical (unpaired) electrons. The van der Waals surface area contributed by atoms with Crippen molar-refractivity contribution in [3.63, 3.8) is 0 Å². The third kappa shape index (κ3) is 1.74. The molecule has 2 bridgehead atoms. The number of rotatable bonds is 1. The molecule has 2 aliphatic heterocycles. The van der Waals surface area contributed by atoms with E-state index >= 15 is 0 Å². The SMILES string of the molecule is O=C(c1cccc2ccccc12)N1[C@H]2CC[C@H]1COC2. The number of ether oxygens (including phenoxy) is 1. The summed E-state index contributed by atoms with van der Waals surface area (Å²) in [4.78, 5) is 15.0. The van der Waals surface area contributed by atoms with Crippen LogP contribution in [0, 0.1) is 0 Å². The second-order valence-corrected chi connectivity index (χ2v) is 5.66. The van der Waals surface area contributed by atoms with Gasteiger partial charge in [0.2, 0.25) is 0 Å². The minimum absolute atomic E-state index is 0.164. The fourth-order valence-corrected chi connectivity index (χ4v) is 3.51. The molecular formula is C17H17NO2. The molecule has 2 aromatic rings. The standard InChI is InChI=1S/C17H17NO2/c19-17(18-13-8-9-14(18)11-20-10-13)16-7-3-5-12-4-1-2-6-15(12)16/h1-7,13-14H,8-11H2/t13-,14-/m0/s1. The molecule has 0 saturated carbocycles. The summed E-state index contributed by atoms with van der Waals surface area (Å²) in [6, 6.07) is 14.6. The summed E-state index contributed by atoms with van der Waals surface area (Å²) in [5.41, 5.74) is 0.821. The van der Waals surface area contributed by atoms with Gasteiger partial charge < -0.3 is 9.64 Å². The van der Waals surface area contributed by atoms with Crippen molar-refractivity contribution >= 4 is 16.7 Å². The zero-order valence-corrected chi connectivity index (χ0v) is 11.3. The van der Waals surface area contributed by atoms with E-state index in [9.17, 15) is 4.79 Å². The van der Waals surface area contributed by atoms with Gasteiger partial charge in [0.15, 0.2) is 0 Å². The molecule has 0 spiro atoms. The van der Waals surface area contributed by atoms with Crippen LogP contribution in [0.2, 0.25) is 0 Å². The first kappa shape index (κ1) is 11.9. The summed E-state index contributed by atoms with van der Waals surface area (Å²) in [7, 11) is 0. The van der Waals surface area contributed by atoms with Crippen LogP contribution >= 0.6 is 0 Å². The van der Waals surface area contributed by atoms with Crippen LogP contribution in [0.25, 0.3) is 10.8 Å². The van der Waals surface area contributed by atoms with Crippen molar-refractivity contribution in [2.45, 2.75) is 24.9 Å². The number of fused-ring (bicyclic) bond motifs is 3. The molecule has 0 aliphatic carbocycles. The molecule has 3 heteroatoms. The van der Waals surface area contributed by atoms with Crippen molar-refractivity contribution in [2.75, 3.05) is 13.2 Å². The van der Waals surface area contributed by atoms with Gasteiger partial charge in [-0.3, -0.25) is 4.79 Å². The number of nitrogens with zero attached hydrogens (tertiary/aromatic N) is 1. The van der Waals surface area contributed by atoms with E-state index in [1.165, 1.54) is 0 Å². The third-order valence-corrected chi connectivity index (χ3v) is 4.49. The summed E-state index contributed by atoms with van der Waals surface area (Å²) in [5.74, 6) is 0.164. The van der Waals surface area contributed by atoms with Crippen LogP contribution in [0.5, 0.6) is 0 Å². The Morgan fingerprint density at radius 1 is 1.00 bits per heavy atom. The zero-order chi connectivity index (χ0) is 13.5. The lowest BCUT2D eigenvalue weighted by molar-refractivity contribution is -0.00705. The van der Waals surface area contributed by atoms with E-state index in [2.05, 4.69) is 17.0 Å². The number of morpholine rings is 1. The Balaban J connectivity index is 1.78. The van der Waals surface area contributed by atoms with Crippen molar-refractivity contribution < 1.29 is 9.53 Å². The van der Waals surface area contributed by atoms with Gasteiger partial charge in [-0.25, -0.2) is 0 Å². The lowest BCUT2D eigenvalue weighted by Gasteiger charge is -2.35. The van der Waals surface area contributed by atoms with Gasteiger partial charge in [0.05, 0.1) is 25.3 Å². The Morgan fingerprint density at radius 3 is 2.50 bits per heavy atom. The van der Waals surface area contributed by atoms with Gasteiger partial charge in [0.25, 0.3) is 5.91 Å². The van der Waals surface area contributed by atoms with Crippen molar-refractivity contribution in [3.8, 4) is 0 Å². The fourth-order valence-electron chi connectivity index (χ4n) is 3.51. The lowest BCUT2D eigenvalue weighted by Crippen LogP contribution is -2.49. The minimum atomic E-state index is 0.164. The number of amides is 1. The Morgan fingerprint density at radius 2 is 1.70 bits per heavy atom. The second-order valence-electron chi connectivity index (χ2n) is 5.66. The van der Waals surface area contributed by atoms with E-state index in [0.29, 0.717) is 13.2 Å². The van der Waals surface area contributed by atoms with Crippen LogP contribution in [-0.4, -0.2) is 36.1 Å². The summed E-state index contributed by atoms with van der Waals surface area (Å²) < 4.78 is 5.57. The first-order chi connectivity index (χ1) is 9.84. The molecule has 0 unspecified atom stereocenters. The quantitative estimate of drug-likeness (QED) is 0.795. The molecule has 0 aromatic heterocycles. The highest BCUT2D eigenvalue weighted by molar-refractivity contribution is 6.07. The number of hydrogen-bond donors (Lipinski definition) is 0. The first-order valence-electron chi connectivity index (χ1n) is 7.23. The number of hydrogen-bond acceptors (Lipinski definition) is 2. The molecule has 2 heterocycles. The number of carbonyl (C=O) groups is 1. The molecule has 2 aromatic carbocycles. The van der Waals surface area contributed by atoms with Gasteiger partial charge in [-0.1, -0.05) is 36.4 Å². The van der Waals surface area contributed by atoms with Crippen LogP contribution in [0.1, 0.15) is 23.2 Å². The largest absolute Gasteiger partial charge is 0.377 e. The minimum Gasteiger partial charge on any atom is -0.377 e. The lowest BCUT2D eigenvalue weighted by atomic mass is 10.0. The predicted octanol–water partition coefficient (Wildman–Crippen LogP) is 2.84. The average molecular weight is 267 g/mol. The van der Waals surface area contributed by atoms with E-state index in [0.717, 1.165) is 29.2 Å². The number of benzene rings is 2. The van der Waals surface area contributed by atoms with Crippen LogP contribution in [0.3, 0.4) is 0 Å².